The quantitative estimate of drug-likeness (QED) is 0.504. The Morgan fingerprint density at radius 3 is 2.43 bits per heavy atom. The average Bonchev–Trinajstić information content (AvgIpc) is 2.93. The van der Waals surface area contributed by atoms with Gasteiger partial charge in [0.15, 0.2) is 11.5 Å². The first-order valence-electron chi connectivity index (χ1n) is 12.0. The molecule has 0 unspecified atom stereocenters. The van der Waals surface area contributed by atoms with Gasteiger partial charge in [-0.25, -0.2) is 0 Å². The molecule has 0 saturated carbocycles. The fourth-order valence-corrected chi connectivity index (χ4v) is 4.58. The van der Waals surface area contributed by atoms with Crippen LogP contribution >= 0.6 is 24.0 Å². The summed E-state index contributed by atoms with van der Waals surface area (Å²) in [6.07, 6.45) is -1.43. The number of anilines is 1. The minimum Gasteiger partial charge on any atom is -0.493 e. The van der Waals surface area contributed by atoms with Crippen LogP contribution in [0.25, 0.3) is 0 Å². The number of ether oxygens (including phenoxy) is 3. The van der Waals surface area contributed by atoms with Gasteiger partial charge in [0, 0.05) is 36.2 Å². The number of benzene rings is 2. The number of halogens is 2. The van der Waals surface area contributed by atoms with E-state index in [2.05, 4.69) is 20.8 Å². The highest BCUT2D eigenvalue weighted by Gasteiger charge is 2.42. The summed E-state index contributed by atoms with van der Waals surface area (Å²) in [7, 11) is 3.11. The molecule has 2 N–H and O–H groups in total. The van der Waals surface area contributed by atoms with Crippen molar-refractivity contribution in [2.45, 2.75) is 46.4 Å². The van der Waals surface area contributed by atoms with Crippen LogP contribution in [0, 0.1) is 5.41 Å². The van der Waals surface area contributed by atoms with Crippen molar-refractivity contribution in [3.05, 3.63) is 52.5 Å². The highest BCUT2D eigenvalue weighted by molar-refractivity contribution is 6.30. The van der Waals surface area contributed by atoms with Crippen LogP contribution in [0.3, 0.4) is 0 Å². The second-order valence-electron chi connectivity index (χ2n) is 9.99. The molecule has 204 valence electrons. The number of nitrogens with zero attached hydrogens (tertiary/aromatic N) is 2. The number of hydrogen-bond acceptors (Lipinski definition) is 6. The molecule has 2 aromatic carbocycles. The monoisotopic (exact) mass is 553 g/mol. The van der Waals surface area contributed by atoms with Gasteiger partial charge in [-0.1, -0.05) is 44.5 Å². The van der Waals surface area contributed by atoms with Crippen LogP contribution in [0.5, 0.6) is 11.5 Å². The normalized spacial score (nSPS) is 17.4. The standard InChI is InChI=1S/C27H36ClN3O5.ClH/c1-17(32)30(14-8-13-29)26-25(33)31(16-27(2,3)4)21-12-11-18(28)15-20(21)23(36-26)19-9-7-10-22(34-5)24(19)35-6;/h7,9-12,15,23,26H,8,13-14,16,29H2,1-6H3;1H/t23-,26-;/m1./s1. The number of amides is 2. The van der Waals surface area contributed by atoms with Gasteiger partial charge in [0.05, 0.1) is 19.9 Å². The number of para-hydroxylation sites is 1. The van der Waals surface area contributed by atoms with Crippen molar-refractivity contribution in [2.24, 2.45) is 11.1 Å². The number of fused-ring (bicyclic) bond motifs is 1. The molecule has 37 heavy (non-hydrogen) atoms. The fraction of sp³-hybridized carbons (Fsp3) is 0.481. The molecule has 8 nitrogen and oxygen atoms in total. The van der Waals surface area contributed by atoms with Crippen LogP contribution in [0.4, 0.5) is 5.69 Å². The van der Waals surface area contributed by atoms with Gasteiger partial charge in [0.2, 0.25) is 12.1 Å². The average molecular weight is 555 g/mol. The molecule has 1 aliphatic rings. The third kappa shape index (κ3) is 6.87. The molecule has 3 rings (SSSR count). The zero-order valence-electron chi connectivity index (χ0n) is 22.2. The third-order valence-electron chi connectivity index (χ3n) is 5.94. The van der Waals surface area contributed by atoms with Crippen LogP contribution in [0.1, 0.15) is 51.3 Å². The van der Waals surface area contributed by atoms with Gasteiger partial charge < -0.3 is 29.7 Å². The molecule has 0 bridgehead atoms. The molecular weight excluding hydrogens is 517 g/mol. The topological polar surface area (TPSA) is 94.3 Å². The van der Waals surface area contributed by atoms with Gasteiger partial charge in [-0.05, 0) is 42.6 Å². The van der Waals surface area contributed by atoms with Crippen molar-refractivity contribution < 1.29 is 23.8 Å². The summed E-state index contributed by atoms with van der Waals surface area (Å²) in [5.74, 6) is 0.387. The van der Waals surface area contributed by atoms with Crippen molar-refractivity contribution in [3.8, 4) is 11.5 Å². The molecule has 2 atom stereocenters. The fourth-order valence-electron chi connectivity index (χ4n) is 4.40. The number of methoxy groups -OCH3 is 2. The molecule has 0 saturated heterocycles. The molecule has 0 spiro atoms. The summed E-state index contributed by atoms with van der Waals surface area (Å²) in [6, 6.07) is 10.8. The lowest BCUT2D eigenvalue weighted by Crippen LogP contribution is -2.53. The van der Waals surface area contributed by atoms with Crippen LogP contribution in [0.15, 0.2) is 36.4 Å². The number of nitrogens with two attached hydrogens (primary N) is 1. The molecule has 0 fully saturated rings. The van der Waals surface area contributed by atoms with Crippen LogP contribution in [0.2, 0.25) is 5.02 Å². The minimum absolute atomic E-state index is 0. The minimum atomic E-state index is -1.18. The predicted molar refractivity (Wildman–Crippen MR) is 148 cm³/mol. The first kappa shape index (κ1) is 30.7. The Kier molecular flexibility index (Phi) is 10.6. The summed E-state index contributed by atoms with van der Waals surface area (Å²) in [5, 5.41) is 0.498. The van der Waals surface area contributed by atoms with E-state index >= 15 is 0 Å². The van der Waals surface area contributed by atoms with Gasteiger partial charge in [-0.3, -0.25) is 9.59 Å². The van der Waals surface area contributed by atoms with Crippen molar-refractivity contribution >= 4 is 41.5 Å². The van der Waals surface area contributed by atoms with E-state index in [1.165, 1.54) is 11.8 Å². The Hall–Kier alpha value is -2.52. The molecule has 2 amide bonds. The second-order valence-corrected chi connectivity index (χ2v) is 10.4. The summed E-state index contributed by atoms with van der Waals surface area (Å²) in [6.45, 7) is 8.65. The van der Waals surface area contributed by atoms with Gasteiger partial charge in [-0.15, -0.1) is 12.4 Å². The highest BCUT2D eigenvalue weighted by Crippen LogP contribution is 2.45. The number of carbonyl (C=O) groups is 2. The van der Waals surface area contributed by atoms with E-state index in [4.69, 9.17) is 31.5 Å². The Morgan fingerprint density at radius 1 is 1.16 bits per heavy atom. The first-order valence-corrected chi connectivity index (χ1v) is 12.3. The summed E-state index contributed by atoms with van der Waals surface area (Å²) in [4.78, 5) is 30.0. The maximum Gasteiger partial charge on any atom is 0.277 e. The maximum absolute atomic E-state index is 14.1. The first-order chi connectivity index (χ1) is 17.0. The predicted octanol–water partition coefficient (Wildman–Crippen LogP) is 4.80. The zero-order valence-corrected chi connectivity index (χ0v) is 23.8. The lowest BCUT2D eigenvalue weighted by molar-refractivity contribution is -0.161. The summed E-state index contributed by atoms with van der Waals surface area (Å²) >= 11 is 6.46. The van der Waals surface area contributed by atoms with Crippen molar-refractivity contribution in [2.75, 3.05) is 38.8 Å². The van der Waals surface area contributed by atoms with Crippen molar-refractivity contribution in [1.29, 1.82) is 0 Å². The molecule has 0 aliphatic carbocycles. The maximum atomic E-state index is 14.1. The Morgan fingerprint density at radius 2 is 1.86 bits per heavy atom. The third-order valence-corrected chi connectivity index (χ3v) is 6.18. The zero-order chi connectivity index (χ0) is 26.6. The van der Waals surface area contributed by atoms with Gasteiger partial charge in [0.25, 0.3) is 5.91 Å². The molecule has 0 radical (unpaired) electrons. The largest absolute Gasteiger partial charge is 0.493 e. The molecule has 1 heterocycles. The Labute approximate surface area is 230 Å². The summed E-state index contributed by atoms with van der Waals surface area (Å²) < 4.78 is 17.8. The number of rotatable bonds is 8. The van der Waals surface area contributed by atoms with Crippen LogP contribution in [-0.4, -0.2) is 56.8 Å². The Bertz CT molecular complexity index is 1110. The molecule has 1 aliphatic heterocycles. The smallest absolute Gasteiger partial charge is 0.277 e. The molecule has 0 aromatic heterocycles. The highest BCUT2D eigenvalue weighted by atomic mass is 35.5. The van der Waals surface area contributed by atoms with Gasteiger partial charge >= 0.3 is 0 Å². The van der Waals surface area contributed by atoms with Crippen molar-refractivity contribution in [1.82, 2.24) is 4.90 Å². The van der Waals surface area contributed by atoms with E-state index in [1.54, 1.807) is 37.3 Å². The molecule has 2 aromatic rings. The SMILES string of the molecule is COc1cccc([C@H]2O[C@@H](N(CCCN)C(C)=O)C(=O)N(CC(C)(C)C)c3ccc(Cl)cc32)c1OC.Cl. The molecular formula is C27H37Cl2N3O5. The Balaban J connectivity index is 0.00000481. The van der Waals surface area contributed by atoms with Gasteiger partial charge in [-0.2, -0.15) is 0 Å². The van der Waals surface area contributed by atoms with Crippen LogP contribution in [-0.2, 0) is 14.3 Å². The van der Waals surface area contributed by atoms with E-state index in [0.717, 1.165) is 0 Å². The number of carbonyl (C=O) groups excluding carboxylic acids is 2. The number of hydrogen-bond donors (Lipinski definition) is 1. The van der Waals surface area contributed by atoms with Crippen LogP contribution < -0.4 is 20.1 Å². The van der Waals surface area contributed by atoms with E-state index in [-0.39, 0.29) is 36.2 Å². The van der Waals surface area contributed by atoms with E-state index in [9.17, 15) is 9.59 Å². The van der Waals surface area contributed by atoms with Gasteiger partial charge in [0.1, 0.15) is 6.10 Å². The lowest BCUT2D eigenvalue weighted by Gasteiger charge is -2.35. The second kappa shape index (κ2) is 12.8. The van der Waals surface area contributed by atoms with Crippen molar-refractivity contribution in [3.63, 3.8) is 0 Å². The van der Waals surface area contributed by atoms with E-state index < -0.39 is 12.3 Å². The van der Waals surface area contributed by atoms with E-state index in [1.807, 2.05) is 18.2 Å². The summed E-state index contributed by atoms with van der Waals surface area (Å²) in [5.41, 5.74) is 7.51. The van der Waals surface area contributed by atoms with E-state index in [0.29, 0.717) is 52.8 Å². The molecule has 10 heteroatoms. The lowest BCUT2D eigenvalue weighted by atomic mass is 9.94.